The lowest BCUT2D eigenvalue weighted by Crippen LogP contribution is -2.30. The van der Waals surface area contributed by atoms with Crippen LogP contribution in [0.3, 0.4) is 0 Å². The van der Waals surface area contributed by atoms with Gasteiger partial charge in [-0.25, -0.2) is 18.0 Å². The third kappa shape index (κ3) is 24.0. The van der Waals surface area contributed by atoms with Crippen LogP contribution in [0.4, 0.5) is 0 Å². The number of hydrazine groups is 1. The first-order chi connectivity index (χ1) is 23.9. The van der Waals surface area contributed by atoms with E-state index in [1.165, 1.54) is 159 Å². The van der Waals surface area contributed by atoms with E-state index in [1.54, 1.807) is 4.83 Å². The minimum atomic E-state index is -4.10. The van der Waals surface area contributed by atoms with Crippen molar-refractivity contribution in [3.63, 3.8) is 0 Å². The first kappa shape index (κ1) is 45.1. The van der Waals surface area contributed by atoms with Crippen molar-refractivity contribution < 1.29 is 27.5 Å². The van der Waals surface area contributed by atoms with Crippen LogP contribution in [0, 0.1) is 0 Å². The van der Waals surface area contributed by atoms with Crippen molar-refractivity contribution in [2.24, 2.45) is 5.84 Å². The van der Waals surface area contributed by atoms with Crippen molar-refractivity contribution in [2.75, 3.05) is 13.2 Å². The molecule has 0 bridgehead atoms. The molecule has 1 aromatic rings. The summed E-state index contributed by atoms with van der Waals surface area (Å²) in [6, 6.07) is 3.68. The molecule has 1 aromatic carbocycles. The van der Waals surface area contributed by atoms with Crippen LogP contribution in [0.5, 0.6) is 0 Å². The zero-order valence-corrected chi connectivity index (χ0v) is 32.2. The summed E-state index contributed by atoms with van der Waals surface area (Å²) in [4.78, 5) is 27.1. The number of unbranched alkanes of at least 4 members (excludes halogenated alkanes) is 26. The summed E-state index contributed by atoms with van der Waals surface area (Å²) in [5, 5.41) is 0. The summed E-state index contributed by atoms with van der Waals surface area (Å²) >= 11 is 0. The zero-order chi connectivity index (χ0) is 35.8. The van der Waals surface area contributed by atoms with Crippen LogP contribution in [-0.4, -0.2) is 33.6 Å². The van der Waals surface area contributed by atoms with Crippen LogP contribution in [0.15, 0.2) is 23.1 Å². The van der Waals surface area contributed by atoms with E-state index in [0.29, 0.717) is 0 Å². The Morgan fingerprint density at radius 1 is 0.490 bits per heavy atom. The van der Waals surface area contributed by atoms with Gasteiger partial charge in [-0.1, -0.05) is 181 Å². The second kappa shape index (κ2) is 30.8. The molecule has 0 saturated heterocycles. The number of benzene rings is 1. The van der Waals surface area contributed by atoms with Gasteiger partial charge in [0.15, 0.2) is 0 Å². The summed E-state index contributed by atoms with van der Waals surface area (Å²) in [6.45, 7) is 4.98. The van der Waals surface area contributed by atoms with Crippen LogP contribution >= 0.6 is 0 Å². The van der Waals surface area contributed by atoms with Gasteiger partial charge in [-0.2, -0.15) is 4.83 Å². The average Bonchev–Trinajstić information content (AvgIpc) is 3.11. The standard InChI is InChI=1S/C40H72N2O6S/c1-3-5-7-9-11-13-15-17-19-21-23-25-27-29-31-47-39(43)36-33-37(35-38(34-36)49(45,46)42-41)40(44)48-32-30-28-26-24-22-20-18-16-14-12-10-8-6-4-2/h33-35,42H,3-32,41H2,1-2H3. The molecule has 9 heteroatoms. The normalized spacial score (nSPS) is 11.6. The Morgan fingerprint density at radius 2 is 0.755 bits per heavy atom. The number of ether oxygens (including phenoxy) is 2. The average molecular weight is 709 g/mol. The summed E-state index contributed by atoms with van der Waals surface area (Å²) in [7, 11) is -4.10. The van der Waals surface area contributed by atoms with Gasteiger partial charge >= 0.3 is 11.9 Å². The fourth-order valence-corrected chi connectivity index (χ4v) is 6.85. The highest BCUT2D eigenvalue weighted by molar-refractivity contribution is 7.89. The molecule has 0 unspecified atom stereocenters. The predicted molar refractivity (Wildman–Crippen MR) is 202 cm³/mol. The highest BCUT2D eigenvalue weighted by Gasteiger charge is 2.21. The number of esters is 2. The van der Waals surface area contributed by atoms with Crippen LogP contribution in [0.1, 0.15) is 214 Å². The lowest BCUT2D eigenvalue weighted by Gasteiger charge is -2.11. The van der Waals surface area contributed by atoms with Gasteiger partial charge in [-0.15, -0.1) is 0 Å². The van der Waals surface area contributed by atoms with Crippen molar-refractivity contribution in [3.05, 3.63) is 29.3 Å². The Kier molecular flexibility index (Phi) is 28.3. The second-order valence-corrected chi connectivity index (χ2v) is 15.5. The number of nitrogens with two attached hydrogens (primary N) is 1. The lowest BCUT2D eigenvalue weighted by molar-refractivity contribution is 0.0495. The Bertz CT molecular complexity index is 1010. The van der Waals surface area contributed by atoms with E-state index in [4.69, 9.17) is 15.3 Å². The van der Waals surface area contributed by atoms with Crippen LogP contribution < -0.4 is 10.7 Å². The molecular formula is C40H72N2O6S. The molecule has 0 atom stereocenters. The first-order valence-corrected chi connectivity index (χ1v) is 21.6. The molecule has 0 spiro atoms. The van der Waals surface area contributed by atoms with Gasteiger partial charge in [0, 0.05) is 0 Å². The van der Waals surface area contributed by atoms with Crippen LogP contribution in [0.25, 0.3) is 0 Å². The van der Waals surface area contributed by atoms with Crippen LogP contribution in [-0.2, 0) is 19.5 Å². The van der Waals surface area contributed by atoms with Crippen molar-refractivity contribution in [1.29, 1.82) is 0 Å². The molecule has 0 amide bonds. The molecule has 0 radical (unpaired) electrons. The number of hydrogen-bond acceptors (Lipinski definition) is 7. The molecule has 0 heterocycles. The first-order valence-electron chi connectivity index (χ1n) is 20.1. The van der Waals surface area contributed by atoms with E-state index in [9.17, 15) is 18.0 Å². The van der Waals surface area contributed by atoms with Gasteiger partial charge in [-0.05, 0) is 31.0 Å². The molecular weight excluding hydrogens is 637 g/mol. The summed E-state index contributed by atoms with van der Waals surface area (Å²) in [6.07, 6.45) is 34.6. The minimum Gasteiger partial charge on any atom is -0.462 e. The number of rotatable bonds is 34. The maximum atomic E-state index is 12.8. The third-order valence-electron chi connectivity index (χ3n) is 9.31. The van der Waals surface area contributed by atoms with Crippen LogP contribution in [0.2, 0.25) is 0 Å². The number of hydrogen-bond donors (Lipinski definition) is 2. The number of carbonyl (C=O) groups excluding carboxylic acids is 2. The number of carbonyl (C=O) groups is 2. The minimum absolute atomic E-state index is 0.0230. The fraction of sp³-hybridized carbons (Fsp3) is 0.800. The molecule has 3 N–H and O–H groups in total. The quantitative estimate of drug-likeness (QED) is 0.0316. The van der Waals surface area contributed by atoms with E-state index in [1.807, 2.05) is 0 Å². The number of sulfonamides is 1. The molecule has 0 saturated carbocycles. The Balaban J connectivity index is 2.30. The molecule has 0 aliphatic heterocycles. The van der Waals surface area contributed by atoms with Gasteiger partial charge in [0.1, 0.15) is 0 Å². The Hall–Kier alpha value is -1.97. The van der Waals surface area contributed by atoms with Gasteiger partial charge in [0.25, 0.3) is 10.0 Å². The topological polar surface area (TPSA) is 125 Å². The van der Waals surface area contributed by atoms with E-state index in [0.717, 1.165) is 38.5 Å². The van der Waals surface area contributed by atoms with Gasteiger partial charge in [0.2, 0.25) is 0 Å². The second-order valence-electron chi connectivity index (χ2n) is 13.8. The van der Waals surface area contributed by atoms with E-state index in [-0.39, 0.29) is 29.2 Å². The van der Waals surface area contributed by atoms with Gasteiger partial charge < -0.3 is 9.47 Å². The third-order valence-corrected chi connectivity index (χ3v) is 10.5. The Morgan fingerprint density at radius 3 is 1.02 bits per heavy atom. The SMILES string of the molecule is CCCCCCCCCCCCCCCCOC(=O)c1cc(C(=O)OCCCCCCCCCCCCCCCC)cc(S(=O)(=O)NN)c1. The molecule has 0 fully saturated rings. The molecule has 8 nitrogen and oxygen atoms in total. The molecule has 49 heavy (non-hydrogen) atoms. The summed E-state index contributed by atoms with van der Waals surface area (Å²) < 4.78 is 35.7. The van der Waals surface area contributed by atoms with Crippen molar-refractivity contribution in [2.45, 2.75) is 199 Å². The molecule has 284 valence electrons. The molecule has 0 aliphatic rings. The molecule has 0 aromatic heterocycles. The van der Waals surface area contributed by atoms with E-state index < -0.39 is 22.0 Å². The monoisotopic (exact) mass is 709 g/mol. The summed E-state index contributed by atoms with van der Waals surface area (Å²) in [5.74, 6) is 3.87. The maximum absolute atomic E-state index is 12.8. The highest BCUT2D eigenvalue weighted by Crippen LogP contribution is 2.19. The lowest BCUT2D eigenvalue weighted by atomic mass is 10.0. The smallest absolute Gasteiger partial charge is 0.338 e. The predicted octanol–water partition coefficient (Wildman–Crippen LogP) is 11.1. The zero-order valence-electron chi connectivity index (χ0n) is 31.4. The van der Waals surface area contributed by atoms with Gasteiger partial charge in [0.05, 0.1) is 29.2 Å². The van der Waals surface area contributed by atoms with Gasteiger partial charge in [-0.3, -0.25) is 5.84 Å². The van der Waals surface area contributed by atoms with E-state index >= 15 is 0 Å². The number of nitrogens with one attached hydrogen (secondary N) is 1. The maximum Gasteiger partial charge on any atom is 0.338 e. The summed E-state index contributed by atoms with van der Waals surface area (Å²) in [5.41, 5.74) is -0.0461. The van der Waals surface area contributed by atoms with E-state index in [2.05, 4.69) is 13.8 Å². The highest BCUT2D eigenvalue weighted by atomic mass is 32.2. The fourth-order valence-electron chi connectivity index (χ4n) is 6.15. The van der Waals surface area contributed by atoms with Crippen molar-refractivity contribution in [3.8, 4) is 0 Å². The van der Waals surface area contributed by atoms with Crippen molar-refractivity contribution >= 4 is 22.0 Å². The Labute approximate surface area is 300 Å². The largest absolute Gasteiger partial charge is 0.462 e. The molecule has 0 aliphatic carbocycles. The molecule has 1 rings (SSSR count). The van der Waals surface area contributed by atoms with Crippen molar-refractivity contribution in [1.82, 2.24) is 4.83 Å².